The molecule has 1 amide bonds. The second-order valence-electron chi connectivity index (χ2n) is 7.43. The van der Waals surface area contributed by atoms with Crippen molar-refractivity contribution in [2.24, 2.45) is 5.41 Å². The Balaban J connectivity index is 2.26. The molecule has 1 aliphatic rings. The van der Waals surface area contributed by atoms with Crippen LogP contribution in [0.1, 0.15) is 46.1 Å². The molecule has 1 aliphatic carbocycles. The number of Topliss-reactive ketones (excluding diaryl/α,β-unsaturated/α-hetero) is 1. The summed E-state index contributed by atoms with van der Waals surface area (Å²) in [6, 6.07) is 3.28. The van der Waals surface area contributed by atoms with Crippen molar-refractivity contribution in [3.63, 3.8) is 0 Å². The Morgan fingerprint density at radius 1 is 1.29 bits per heavy atom. The lowest BCUT2D eigenvalue weighted by molar-refractivity contribution is -0.122. The van der Waals surface area contributed by atoms with Gasteiger partial charge in [-0.15, -0.1) is 0 Å². The first kappa shape index (κ1) is 18.6. The second kappa shape index (κ2) is 6.63. The molecule has 1 N–H and O–H groups in total. The van der Waals surface area contributed by atoms with Crippen LogP contribution in [0.2, 0.25) is 5.02 Å². The predicted octanol–water partition coefficient (Wildman–Crippen LogP) is 4.61. The van der Waals surface area contributed by atoms with Crippen molar-refractivity contribution in [1.29, 1.82) is 0 Å². The smallest absolute Gasteiger partial charge is 0.412 e. The topological polar surface area (TPSA) is 64.6 Å². The summed E-state index contributed by atoms with van der Waals surface area (Å²) in [6.07, 6.45) is 1.44. The van der Waals surface area contributed by atoms with E-state index in [1.165, 1.54) is 7.11 Å². The molecule has 1 aromatic carbocycles. The Morgan fingerprint density at radius 3 is 2.42 bits per heavy atom. The molecule has 0 unspecified atom stereocenters. The summed E-state index contributed by atoms with van der Waals surface area (Å²) in [5.74, 6) is 0.576. The zero-order chi connectivity index (χ0) is 18.1. The molecule has 24 heavy (non-hydrogen) atoms. The number of rotatable bonds is 5. The molecule has 6 heteroatoms. The van der Waals surface area contributed by atoms with Gasteiger partial charge in [-0.2, -0.15) is 0 Å². The maximum Gasteiger partial charge on any atom is 0.412 e. The number of nitrogens with one attached hydrogen (secondary N) is 1. The van der Waals surface area contributed by atoms with E-state index in [1.807, 2.05) is 6.92 Å². The molecule has 0 bridgehead atoms. The van der Waals surface area contributed by atoms with Crippen LogP contribution in [0.15, 0.2) is 12.1 Å². The fraction of sp³-hybridized carbons (Fsp3) is 0.556. The molecule has 132 valence electrons. The van der Waals surface area contributed by atoms with Crippen molar-refractivity contribution < 1.29 is 19.1 Å². The van der Waals surface area contributed by atoms with Crippen LogP contribution in [0.5, 0.6) is 5.75 Å². The predicted molar refractivity (Wildman–Crippen MR) is 93.9 cm³/mol. The molecule has 1 fully saturated rings. The van der Waals surface area contributed by atoms with Crippen LogP contribution in [0.4, 0.5) is 10.5 Å². The number of hydrogen-bond acceptors (Lipinski definition) is 4. The highest BCUT2D eigenvalue weighted by atomic mass is 35.5. The average Bonchev–Trinajstić information content (AvgIpc) is 3.19. The number of benzene rings is 1. The summed E-state index contributed by atoms with van der Waals surface area (Å²) < 4.78 is 10.5. The van der Waals surface area contributed by atoms with E-state index in [9.17, 15) is 9.59 Å². The van der Waals surface area contributed by atoms with Crippen molar-refractivity contribution in [1.82, 2.24) is 0 Å². The van der Waals surface area contributed by atoms with Gasteiger partial charge >= 0.3 is 6.09 Å². The summed E-state index contributed by atoms with van der Waals surface area (Å²) in [4.78, 5) is 24.5. The molecule has 0 aromatic heterocycles. The molecule has 0 spiro atoms. The maximum atomic E-state index is 12.4. The highest BCUT2D eigenvalue weighted by molar-refractivity contribution is 6.32. The van der Waals surface area contributed by atoms with Gasteiger partial charge in [-0.3, -0.25) is 10.1 Å². The Kier molecular flexibility index (Phi) is 5.14. The molecular formula is C18H24ClNO4. The van der Waals surface area contributed by atoms with Gasteiger partial charge in [-0.05, 0) is 45.2 Å². The van der Waals surface area contributed by atoms with Crippen molar-refractivity contribution in [2.75, 3.05) is 12.4 Å². The highest BCUT2D eigenvalue weighted by Gasteiger charge is 2.44. The lowest BCUT2D eigenvalue weighted by Crippen LogP contribution is -2.27. The van der Waals surface area contributed by atoms with E-state index >= 15 is 0 Å². The van der Waals surface area contributed by atoms with Gasteiger partial charge in [-0.1, -0.05) is 18.5 Å². The number of halogens is 1. The van der Waals surface area contributed by atoms with E-state index in [0.717, 1.165) is 12.8 Å². The molecule has 2 rings (SSSR count). The minimum Gasteiger partial charge on any atom is -0.495 e. The van der Waals surface area contributed by atoms with Crippen molar-refractivity contribution in [2.45, 2.75) is 52.6 Å². The van der Waals surface area contributed by atoms with Gasteiger partial charge in [0.25, 0.3) is 0 Å². The zero-order valence-electron chi connectivity index (χ0n) is 14.8. The average molecular weight is 354 g/mol. The summed E-state index contributed by atoms with van der Waals surface area (Å²) in [5, 5.41) is 3.09. The van der Waals surface area contributed by atoms with E-state index in [1.54, 1.807) is 32.9 Å². The first-order valence-electron chi connectivity index (χ1n) is 7.94. The number of ether oxygens (including phenoxy) is 2. The van der Waals surface area contributed by atoms with E-state index in [-0.39, 0.29) is 17.6 Å². The van der Waals surface area contributed by atoms with Crippen LogP contribution in [0.25, 0.3) is 0 Å². The number of ketones is 1. The molecule has 0 radical (unpaired) electrons. The molecule has 1 saturated carbocycles. The third-order valence-corrected chi connectivity index (χ3v) is 4.33. The molecule has 0 saturated heterocycles. The molecular weight excluding hydrogens is 330 g/mol. The molecule has 0 aliphatic heterocycles. The van der Waals surface area contributed by atoms with Gasteiger partial charge in [0.2, 0.25) is 0 Å². The van der Waals surface area contributed by atoms with Gasteiger partial charge in [0.05, 0.1) is 17.8 Å². The van der Waals surface area contributed by atoms with Crippen LogP contribution in [0.3, 0.4) is 0 Å². The molecule has 5 nitrogen and oxygen atoms in total. The van der Waals surface area contributed by atoms with Crippen molar-refractivity contribution in [3.8, 4) is 5.75 Å². The Morgan fingerprint density at radius 2 is 1.92 bits per heavy atom. The number of methoxy groups -OCH3 is 1. The van der Waals surface area contributed by atoms with Crippen LogP contribution in [0, 0.1) is 5.41 Å². The summed E-state index contributed by atoms with van der Waals surface area (Å²) >= 11 is 6.18. The number of carbonyl (C=O) groups is 2. The van der Waals surface area contributed by atoms with Crippen LogP contribution in [-0.4, -0.2) is 24.6 Å². The van der Waals surface area contributed by atoms with Gasteiger partial charge in [0.1, 0.15) is 17.1 Å². The summed E-state index contributed by atoms with van der Waals surface area (Å²) in [7, 11) is 1.49. The minimum absolute atomic E-state index is 0.149. The third kappa shape index (κ3) is 4.63. The normalized spacial score (nSPS) is 15.6. The Bertz CT molecular complexity index is 660. The van der Waals surface area contributed by atoms with E-state index in [0.29, 0.717) is 22.0 Å². The quantitative estimate of drug-likeness (QED) is 0.839. The molecule has 1 aromatic rings. The largest absolute Gasteiger partial charge is 0.495 e. The molecule has 0 heterocycles. The van der Waals surface area contributed by atoms with Gasteiger partial charge in [0.15, 0.2) is 0 Å². The summed E-state index contributed by atoms with van der Waals surface area (Å²) in [6.45, 7) is 7.32. The first-order valence-corrected chi connectivity index (χ1v) is 8.31. The number of amides is 1. The van der Waals surface area contributed by atoms with Crippen LogP contribution >= 0.6 is 11.6 Å². The SMILES string of the molecule is COc1cc(NC(=O)OC(C)(C)C)c(CC(=O)C2(C)CC2)cc1Cl. The number of hydrogen-bond donors (Lipinski definition) is 1. The number of anilines is 1. The number of carbonyl (C=O) groups excluding carboxylic acids is 2. The Hall–Kier alpha value is -1.75. The standard InChI is InChI=1S/C18H24ClNO4/c1-17(2,3)24-16(22)20-13-10-14(23-5)12(19)8-11(13)9-15(21)18(4)6-7-18/h8,10H,6-7,9H2,1-5H3,(H,20,22). The first-order chi connectivity index (χ1) is 11.0. The fourth-order valence-corrected chi connectivity index (χ4v) is 2.54. The monoisotopic (exact) mass is 353 g/mol. The maximum absolute atomic E-state index is 12.4. The van der Waals surface area contributed by atoms with Gasteiger partial charge in [0, 0.05) is 17.9 Å². The molecule has 0 atom stereocenters. The van der Waals surface area contributed by atoms with Gasteiger partial charge in [-0.25, -0.2) is 4.79 Å². The fourth-order valence-electron chi connectivity index (χ4n) is 2.28. The van der Waals surface area contributed by atoms with E-state index in [2.05, 4.69) is 5.32 Å². The van der Waals surface area contributed by atoms with E-state index in [4.69, 9.17) is 21.1 Å². The Labute approximate surface area is 147 Å². The highest BCUT2D eigenvalue weighted by Crippen LogP contribution is 2.47. The van der Waals surface area contributed by atoms with Gasteiger partial charge < -0.3 is 9.47 Å². The minimum atomic E-state index is -0.613. The third-order valence-electron chi connectivity index (χ3n) is 4.04. The van der Waals surface area contributed by atoms with Crippen LogP contribution in [-0.2, 0) is 16.0 Å². The lowest BCUT2D eigenvalue weighted by atomic mass is 9.96. The lowest BCUT2D eigenvalue weighted by Gasteiger charge is -2.21. The summed E-state index contributed by atoms with van der Waals surface area (Å²) in [5.41, 5.74) is 0.279. The van der Waals surface area contributed by atoms with Crippen molar-refractivity contribution >= 4 is 29.2 Å². The zero-order valence-corrected chi connectivity index (χ0v) is 15.5. The second-order valence-corrected chi connectivity index (χ2v) is 7.84. The van der Waals surface area contributed by atoms with Crippen LogP contribution < -0.4 is 10.1 Å². The van der Waals surface area contributed by atoms with Crippen molar-refractivity contribution in [3.05, 3.63) is 22.7 Å². The van der Waals surface area contributed by atoms with E-state index < -0.39 is 11.7 Å².